The molecule has 0 radical (unpaired) electrons. The van der Waals surface area contributed by atoms with Crippen LogP contribution in [0, 0.1) is 5.82 Å². The molecule has 0 bridgehead atoms. The van der Waals surface area contributed by atoms with Crippen LogP contribution >= 0.6 is 11.3 Å². The summed E-state index contributed by atoms with van der Waals surface area (Å²) < 4.78 is 18.2. The zero-order valence-corrected chi connectivity index (χ0v) is 15.8. The molecule has 1 aromatic carbocycles. The number of hydrogen-bond acceptors (Lipinski definition) is 7. The van der Waals surface area contributed by atoms with Crippen LogP contribution in [0.4, 0.5) is 14.3 Å². The molecule has 1 aromatic heterocycles. The number of methoxy groups -OCH3 is 1. The first-order valence-corrected chi connectivity index (χ1v) is 9.25. The zero-order chi connectivity index (χ0) is 20.1. The predicted molar refractivity (Wildman–Crippen MR) is 97.8 cm³/mol. The van der Waals surface area contributed by atoms with Crippen LogP contribution in [0.15, 0.2) is 24.3 Å². The number of aromatic nitrogens is 2. The smallest absolute Gasteiger partial charge is 0.325 e. The number of carbonyl (C=O) groups excluding carboxylic acids is 3. The second-order valence-corrected chi connectivity index (χ2v) is 7.14. The number of urea groups is 1. The molecule has 0 aliphatic carbocycles. The van der Waals surface area contributed by atoms with Crippen molar-refractivity contribution in [3.63, 3.8) is 0 Å². The molecule has 1 atom stereocenters. The van der Waals surface area contributed by atoms with E-state index in [0.717, 1.165) is 4.90 Å². The number of anilines is 1. The van der Waals surface area contributed by atoms with Crippen LogP contribution in [0.3, 0.4) is 0 Å². The summed E-state index contributed by atoms with van der Waals surface area (Å²) in [6.45, 7) is 0.273. The van der Waals surface area contributed by atoms with E-state index in [1.165, 1.54) is 36.6 Å². The van der Waals surface area contributed by atoms with E-state index in [4.69, 9.17) is 4.74 Å². The van der Waals surface area contributed by atoms with Gasteiger partial charge in [-0.05, 0) is 24.1 Å². The molecule has 148 valence electrons. The molecule has 9 nitrogen and oxygen atoms in total. The number of ether oxygens (including phenoxy) is 1. The number of benzene rings is 1. The number of halogens is 1. The summed E-state index contributed by atoms with van der Waals surface area (Å²) in [6.07, 6.45) is 0.156. The van der Waals surface area contributed by atoms with Gasteiger partial charge >= 0.3 is 6.03 Å². The number of nitrogens with zero attached hydrogens (tertiary/aromatic N) is 3. The highest BCUT2D eigenvalue weighted by Crippen LogP contribution is 2.18. The largest absolute Gasteiger partial charge is 0.377 e. The van der Waals surface area contributed by atoms with Gasteiger partial charge in [-0.3, -0.25) is 14.5 Å². The van der Waals surface area contributed by atoms with Crippen molar-refractivity contribution in [2.75, 3.05) is 12.4 Å². The number of nitrogens with one attached hydrogen (secondary N) is 2. The lowest BCUT2D eigenvalue weighted by Crippen LogP contribution is -2.31. The van der Waals surface area contributed by atoms with Crippen LogP contribution in [-0.2, 0) is 27.5 Å². The van der Waals surface area contributed by atoms with Gasteiger partial charge in [0.15, 0.2) is 0 Å². The Balaban J connectivity index is 1.51. The normalized spacial score (nSPS) is 16.4. The van der Waals surface area contributed by atoms with E-state index in [9.17, 15) is 18.8 Å². The molecule has 0 saturated carbocycles. The summed E-state index contributed by atoms with van der Waals surface area (Å²) in [5.74, 6) is -1.23. The molecule has 1 aliphatic heterocycles. The molecule has 2 aromatic rings. The average Bonchev–Trinajstić information content (AvgIpc) is 3.19. The molecular weight excluding hydrogens is 389 g/mol. The predicted octanol–water partition coefficient (Wildman–Crippen LogP) is 1.66. The van der Waals surface area contributed by atoms with E-state index in [-0.39, 0.29) is 25.3 Å². The summed E-state index contributed by atoms with van der Waals surface area (Å²) in [5, 5.41) is 13.8. The minimum Gasteiger partial charge on any atom is -0.377 e. The van der Waals surface area contributed by atoms with Gasteiger partial charge in [-0.1, -0.05) is 23.5 Å². The maximum atomic E-state index is 13.3. The van der Waals surface area contributed by atoms with Crippen LogP contribution in [0.1, 0.15) is 23.4 Å². The SMILES string of the molecule is COCc1nnc(NC(=O)CCC2NC(=O)N(Cc3cccc(F)c3)C2=O)s1. The third-order valence-corrected chi connectivity index (χ3v) is 4.79. The van der Waals surface area contributed by atoms with Gasteiger partial charge in [-0.25, -0.2) is 9.18 Å². The number of rotatable bonds is 8. The fourth-order valence-corrected chi connectivity index (χ4v) is 3.41. The molecule has 1 saturated heterocycles. The monoisotopic (exact) mass is 407 g/mol. The lowest BCUT2D eigenvalue weighted by molar-refractivity contribution is -0.128. The van der Waals surface area contributed by atoms with E-state index in [1.54, 1.807) is 6.07 Å². The Hall–Kier alpha value is -2.92. The summed E-state index contributed by atoms with van der Waals surface area (Å²) in [4.78, 5) is 37.6. The van der Waals surface area contributed by atoms with Gasteiger partial charge < -0.3 is 15.4 Å². The van der Waals surface area contributed by atoms with Gasteiger partial charge in [0.05, 0.1) is 6.54 Å². The van der Waals surface area contributed by atoms with E-state index >= 15 is 0 Å². The van der Waals surface area contributed by atoms with E-state index < -0.39 is 23.8 Å². The van der Waals surface area contributed by atoms with Crippen LogP contribution in [-0.4, -0.2) is 46.1 Å². The van der Waals surface area contributed by atoms with Gasteiger partial charge in [-0.2, -0.15) is 0 Å². The number of imide groups is 1. The highest BCUT2D eigenvalue weighted by Gasteiger charge is 2.37. The molecule has 2 N–H and O–H groups in total. The standard InChI is InChI=1S/C17H18FN5O4S/c1-27-9-14-21-22-16(28-14)20-13(24)6-5-12-15(25)23(17(26)19-12)8-10-3-2-4-11(18)7-10/h2-4,7,12H,5-6,8-9H2,1H3,(H,19,26)(H,20,22,24). The molecule has 4 amide bonds. The first-order valence-electron chi connectivity index (χ1n) is 8.43. The fraction of sp³-hybridized carbons (Fsp3) is 0.353. The Morgan fingerprint density at radius 1 is 1.39 bits per heavy atom. The topological polar surface area (TPSA) is 114 Å². The second kappa shape index (κ2) is 8.85. The second-order valence-electron chi connectivity index (χ2n) is 6.08. The van der Waals surface area contributed by atoms with Gasteiger partial charge in [0.25, 0.3) is 5.91 Å². The molecule has 3 rings (SSSR count). The Morgan fingerprint density at radius 2 is 2.21 bits per heavy atom. The van der Waals surface area contributed by atoms with Crippen LogP contribution in [0.2, 0.25) is 0 Å². The molecule has 1 unspecified atom stereocenters. The van der Waals surface area contributed by atoms with Crippen molar-refractivity contribution in [2.45, 2.75) is 32.0 Å². The zero-order valence-electron chi connectivity index (χ0n) is 15.0. The summed E-state index contributed by atoms with van der Waals surface area (Å²) >= 11 is 1.19. The minimum absolute atomic E-state index is 0.0175. The van der Waals surface area contributed by atoms with Crippen molar-refractivity contribution in [3.05, 3.63) is 40.7 Å². The van der Waals surface area contributed by atoms with Gasteiger partial charge in [-0.15, -0.1) is 10.2 Å². The van der Waals surface area contributed by atoms with Crippen molar-refractivity contribution in [2.24, 2.45) is 0 Å². The Kier molecular flexibility index (Phi) is 6.26. The molecule has 2 heterocycles. The van der Waals surface area contributed by atoms with Crippen LogP contribution < -0.4 is 10.6 Å². The van der Waals surface area contributed by atoms with Crippen molar-refractivity contribution in [3.8, 4) is 0 Å². The molecule has 28 heavy (non-hydrogen) atoms. The first kappa shape index (κ1) is 19.8. The highest BCUT2D eigenvalue weighted by molar-refractivity contribution is 7.15. The summed E-state index contributed by atoms with van der Waals surface area (Å²) in [7, 11) is 1.53. The van der Waals surface area contributed by atoms with Gasteiger partial charge in [0.2, 0.25) is 11.0 Å². The number of carbonyl (C=O) groups is 3. The summed E-state index contributed by atoms with van der Waals surface area (Å²) in [6, 6.07) is 4.33. The van der Waals surface area contributed by atoms with Crippen molar-refractivity contribution in [1.82, 2.24) is 20.4 Å². The average molecular weight is 407 g/mol. The lowest BCUT2D eigenvalue weighted by atomic mass is 10.1. The van der Waals surface area contributed by atoms with E-state index in [1.807, 2.05) is 0 Å². The number of hydrogen-bond donors (Lipinski definition) is 2. The van der Waals surface area contributed by atoms with Crippen molar-refractivity contribution >= 4 is 34.3 Å². The lowest BCUT2D eigenvalue weighted by Gasteiger charge is -2.13. The van der Waals surface area contributed by atoms with E-state index in [0.29, 0.717) is 22.3 Å². The third-order valence-electron chi connectivity index (χ3n) is 3.98. The Morgan fingerprint density at radius 3 is 2.96 bits per heavy atom. The maximum Gasteiger partial charge on any atom is 0.325 e. The highest BCUT2D eigenvalue weighted by atomic mass is 32.1. The molecule has 1 fully saturated rings. The summed E-state index contributed by atoms with van der Waals surface area (Å²) in [5.41, 5.74) is 0.505. The van der Waals surface area contributed by atoms with E-state index in [2.05, 4.69) is 20.8 Å². The molecular formula is C17H18FN5O4S. The van der Waals surface area contributed by atoms with Crippen molar-refractivity contribution < 1.29 is 23.5 Å². The van der Waals surface area contributed by atoms with Gasteiger partial charge in [0, 0.05) is 13.5 Å². The molecule has 0 spiro atoms. The van der Waals surface area contributed by atoms with Crippen LogP contribution in [0.5, 0.6) is 0 Å². The van der Waals surface area contributed by atoms with Gasteiger partial charge in [0.1, 0.15) is 23.5 Å². The Bertz CT molecular complexity index is 890. The number of amides is 4. The quantitative estimate of drug-likeness (QED) is 0.644. The fourth-order valence-electron chi connectivity index (χ4n) is 2.68. The first-order chi connectivity index (χ1) is 13.5. The molecule has 1 aliphatic rings. The van der Waals surface area contributed by atoms with Crippen LogP contribution in [0.25, 0.3) is 0 Å². The minimum atomic E-state index is -0.801. The Labute approximate surface area is 163 Å². The molecule has 11 heteroatoms. The third kappa shape index (κ3) is 4.87. The maximum absolute atomic E-state index is 13.3. The van der Waals surface area contributed by atoms with Crippen molar-refractivity contribution in [1.29, 1.82) is 0 Å².